The molecule has 0 spiro atoms. The molecule has 160 valence electrons. The number of nitrogens with one attached hydrogen (secondary N) is 1. The number of thioether (sulfide) groups is 1. The Bertz CT molecular complexity index is 883. The van der Waals surface area contributed by atoms with E-state index in [9.17, 15) is 9.59 Å². The molecule has 2 aromatic carbocycles. The second-order valence-corrected chi connectivity index (χ2v) is 8.88. The van der Waals surface area contributed by atoms with Gasteiger partial charge in [0.15, 0.2) is 0 Å². The number of aryl methyl sites for hydroxylation is 1. The van der Waals surface area contributed by atoms with Crippen molar-refractivity contribution < 1.29 is 9.59 Å². The van der Waals surface area contributed by atoms with Crippen LogP contribution >= 0.6 is 11.8 Å². The van der Waals surface area contributed by atoms with Crippen molar-refractivity contribution >= 4 is 35.0 Å². The van der Waals surface area contributed by atoms with E-state index in [1.165, 1.54) is 5.56 Å². The third-order valence-corrected chi connectivity index (χ3v) is 6.89. The molecule has 1 saturated heterocycles. The van der Waals surface area contributed by atoms with Crippen LogP contribution in [0.3, 0.4) is 0 Å². The Morgan fingerprint density at radius 3 is 2.70 bits per heavy atom. The average molecular weight is 425 g/mol. The monoisotopic (exact) mass is 424 g/mol. The number of unbranched alkanes of at least 4 members (excludes halogenated alkanes) is 1. The van der Waals surface area contributed by atoms with E-state index in [-0.39, 0.29) is 23.1 Å². The first-order valence-electron chi connectivity index (χ1n) is 11.0. The van der Waals surface area contributed by atoms with Crippen molar-refractivity contribution in [2.75, 3.05) is 16.0 Å². The van der Waals surface area contributed by atoms with E-state index in [1.54, 1.807) is 11.8 Å². The summed E-state index contributed by atoms with van der Waals surface area (Å²) in [5.41, 5.74) is 3.99. The lowest BCUT2D eigenvalue weighted by Crippen LogP contribution is -2.28. The Kier molecular flexibility index (Phi) is 7.97. The van der Waals surface area contributed by atoms with Crippen molar-refractivity contribution in [2.24, 2.45) is 5.92 Å². The molecule has 0 unspecified atom stereocenters. The topological polar surface area (TPSA) is 49.4 Å². The van der Waals surface area contributed by atoms with E-state index < -0.39 is 0 Å². The number of anilines is 2. The molecule has 1 aliphatic heterocycles. The van der Waals surface area contributed by atoms with Gasteiger partial charge in [0.05, 0.1) is 5.75 Å². The van der Waals surface area contributed by atoms with Crippen molar-refractivity contribution in [2.45, 2.75) is 58.2 Å². The fraction of sp³-hybridized carbons (Fsp3) is 0.440. The Morgan fingerprint density at radius 2 is 1.97 bits per heavy atom. The fourth-order valence-electron chi connectivity index (χ4n) is 3.86. The molecule has 2 amide bonds. The SMILES string of the molecule is CCCC[C@@H](CC)C(=O)Nc1cccc([C@@H]2SCC(=O)N2c2cccc(CC)c2)c1. The molecule has 0 bridgehead atoms. The van der Waals surface area contributed by atoms with Crippen molar-refractivity contribution in [1.82, 2.24) is 0 Å². The van der Waals surface area contributed by atoms with Gasteiger partial charge in [-0.3, -0.25) is 14.5 Å². The maximum Gasteiger partial charge on any atom is 0.238 e. The normalized spacial score (nSPS) is 17.2. The predicted octanol–water partition coefficient (Wildman–Crippen LogP) is 6.18. The van der Waals surface area contributed by atoms with Crippen LogP contribution in [-0.4, -0.2) is 17.6 Å². The van der Waals surface area contributed by atoms with Crippen molar-refractivity contribution in [3.63, 3.8) is 0 Å². The lowest BCUT2D eigenvalue weighted by molar-refractivity contribution is -0.120. The van der Waals surface area contributed by atoms with E-state index >= 15 is 0 Å². The van der Waals surface area contributed by atoms with E-state index in [4.69, 9.17) is 0 Å². The summed E-state index contributed by atoms with van der Waals surface area (Å²) in [7, 11) is 0. The first kappa shape index (κ1) is 22.4. The molecule has 0 saturated carbocycles. The number of nitrogens with zero attached hydrogens (tertiary/aromatic N) is 1. The first-order valence-corrected chi connectivity index (χ1v) is 12.1. The molecule has 0 aromatic heterocycles. The van der Waals surface area contributed by atoms with Crippen LogP contribution in [0.1, 0.15) is 63.0 Å². The zero-order chi connectivity index (χ0) is 21.5. The van der Waals surface area contributed by atoms with Gasteiger partial charge in [0.1, 0.15) is 5.37 Å². The summed E-state index contributed by atoms with van der Waals surface area (Å²) >= 11 is 1.63. The summed E-state index contributed by atoms with van der Waals surface area (Å²) in [6.07, 6.45) is 4.87. The van der Waals surface area contributed by atoms with Crippen molar-refractivity contribution in [1.29, 1.82) is 0 Å². The summed E-state index contributed by atoms with van der Waals surface area (Å²) in [5.74, 6) is 0.723. The molecular formula is C25H32N2O2S. The van der Waals surface area contributed by atoms with Gasteiger partial charge in [-0.2, -0.15) is 0 Å². The Labute approximate surface area is 184 Å². The Morgan fingerprint density at radius 1 is 1.17 bits per heavy atom. The van der Waals surface area contributed by atoms with Crippen LogP contribution in [0.5, 0.6) is 0 Å². The molecule has 3 rings (SSSR count). The molecule has 0 radical (unpaired) electrons. The van der Waals surface area contributed by atoms with Gasteiger partial charge in [-0.05, 0) is 54.7 Å². The molecule has 1 fully saturated rings. The van der Waals surface area contributed by atoms with Gasteiger partial charge in [0.25, 0.3) is 0 Å². The first-order chi connectivity index (χ1) is 14.6. The van der Waals surface area contributed by atoms with Crippen molar-refractivity contribution in [3.8, 4) is 0 Å². The number of carbonyl (C=O) groups is 2. The lowest BCUT2D eigenvalue weighted by Gasteiger charge is -2.25. The third kappa shape index (κ3) is 5.25. The highest BCUT2D eigenvalue weighted by Gasteiger charge is 2.34. The summed E-state index contributed by atoms with van der Waals surface area (Å²) in [6, 6.07) is 16.1. The van der Waals surface area contributed by atoms with Crippen LogP contribution in [0, 0.1) is 5.92 Å². The lowest BCUT2D eigenvalue weighted by atomic mass is 9.98. The van der Waals surface area contributed by atoms with Crippen LogP contribution < -0.4 is 10.2 Å². The van der Waals surface area contributed by atoms with Gasteiger partial charge in [0.2, 0.25) is 11.8 Å². The summed E-state index contributed by atoms with van der Waals surface area (Å²) in [6.45, 7) is 6.34. The molecule has 2 atom stereocenters. The molecule has 0 aliphatic carbocycles. The highest BCUT2D eigenvalue weighted by Crippen LogP contribution is 2.42. The summed E-state index contributed by atoms with van der Waals surface area (Å²) in [4.78, 5) is 27.3. The highest BCUT2D eigenvalue weighted by atomic mass is 32.2. The minimum absolute atomic E-state index is 0.0457. The average Bonchev–Trinajstić information content (AvgIpc) is 3.16. The molecule has 2 aromatic rings. The third-order valence-electron chi connectivity index (χ3n) is 5.67. The molecule has 4 nitrogen and oxygen atoms in total. The summed E-state index contributed by atoms with van der Waals surface area (Å²) < 4.78 is 0. The Balaban J connectivity index is 1.80. The van der Waals surface area contributed by atoms with E-state index in [0.29, 0.717) is 5.75 Å². The van der Waals surface area contributed by atoms with Gasteiger partial charge in [-0.1, -0.05) is 57.9 Å². The zero-order valence-electron chi connectivity index (χ0n) is 18.2. The number of hydrogen-bond acceptors (Lipinski definition) is 3. The molecule has 30 heavy (non-hydrogen) atoms. The predicted molar refractivity (Wildman–Crippen MR) is 127 cm³/mol. The van der Waals surface area contributed by atoms with E-state index in [0.717, 1.165) is 49.0 Å². The second-order valence-electron chi connectivity index (χ2n) is 7.81. The smallest absolute Gasteiger partial charge is 0.238 e. The largest absolute Gasteiger partial charge is 0.326 e. The van der Waals surface area contributed by atoms with Crippen LogP contribution in [0.2, 0.25) is 0 Å². The fourth-order valence-corrected chi connectivity index (χ4v) is 5.03. The maximum atomic E-state index is 12.7. The van der Waals surface area contributed by atoms with Gasteiger partial charge in [0, 0.05) is 17.3 Å². The highest BCUT2D eigenvalue weighted by molar-refractivity contribution is 8.00. The quantitative estimate of drug-likeness (QED) is 0.523. The maximum absolute atomic E-state index is 12.7. The number of benzene rings is 2. The minimum Gasteiger partial charge on any atom is -0.326 e. The molecular weight excluding hydrogens is 392 g/mol. The molecule has 1 aliphatic rings. The van der Waals surface area contributed by atoms with Gasteiger partial charge >= 0.3 is 0 Å². The van der Waals surface area contributed by atoms with Crippen LogP contribution in [0.15, 0.2) is 48.5 Å². The number of rotatable bonds is 9. The summed E-state index contributed by atoms with van der Waals surface area (Å²) in [5, 5.41) is 3.02. The number of hydrogen-bond donors (Lipinski definition) is 1. The Hall–Kier alpha value is -2.27. The van der Waals surface area contributed by atoms with Crippen LogP contribution in [0.4, 0.5) is 11.4 Å². The molecule has 5 heteroatoms. The van der Waals surface area contributed by atoms with Crippen LogP contribution in [0.25, 0.3) is 0 Å². The minimum atomic E-state index is -0.0801. The molecule has 1 N–H and O–H groups in total. The van der Waals surface area contributed by atoms with Crippen LogP contribution in [-0.2, 0) is 16.0 Å². The van der Waals surface area contributed by atoms with E-state index in [2.05, 4.69) is 38.2 Å². The van der Waals surface area contributed by atoms with Gasteiger partial charge in [-0.15, -0.1) is 11.8 Å². The standard InChI is InChI=1S/C25H32N2O2S/c1-4-7-11-19(6-3)24(29)26-21-13-9-12-20(16-21)25-27(23(28)17-30-25)22-14-8-10-18(5-2)15-22/h8-10,12-16,19,25H,4-7,11,17H2,1-3H3,(H,26,29)/t19-,25+/m1/s1. The number of carbonyl (C=O) groups excluding carboxylic acids is 2. The number of amides is 2. The van der Waals surface area contributed by atoms with Gasteiger partial charge in [-0.25, -0.2) is 0 Å². The zero-order valence-corrected chi connectivity index (χ0v) is 19.0. The van der Waals surface area contributed by atoms with Gasteiger partial charge < -0.3 is 5.32 Å². The molecule has 1 heterocycles. The second kappa shape index (κ2) is 10.7. The van der Waals surface area contributed by atoms with Crippen molar-refractivity contribution in [3.05, 3.63) is 59.7 Å². The van der Waals surface area contributed by atoms with E-state index in [1.807, 2.05) is 41.3 Å².